The van der Waals surface area contributed by atoms with E-state index in [1.165, 1.54) is 24.3 Å². The van der Waals surface area contributed by atoms with Crippen molar-refractivity contribution < 1.29 is 19.2 Å². The van der Waals surface area contributed by atoms with Crippen molar-refractivity contribution in [3.8, 4) is 0 Å². The van der Waals surface area contributed by atoms with E-state index in [4.69, 9.17) is 4.74 Å². The van der Waals surface area contributed by atoms with Crippen molar-refractivity contribution in [1.29, 1.82) is 0 Å². The summed E-state index contributed by atoms with van der Waals surface area (Å²) < 4.78 is 5.32. The first-order chi connectivity index (χ1) is 14.4. The summed E-state index contributed by atoms with van der Waals surface area (Å²) >= 11 is 4.47. The largest absolute Gasteiger partial charge is 0.446 e. The predicted octanol–water partition coefficient (Wildman–Crippen LogP) is 2.44. The third kappa shape index (κ3) is 5.80. The Morgan fingerprint density at radius 2 is 1.87 bits per heavy atom. The number of non-ortho nitro benzene ring substituents is 1. The van der Waals surface area contributed by atoms with Crippen molar-refractivity contribution in [2.45, 2.75) is 24.1 Å². The molecule has 2 aromatic rings. The van der Waals surface area contributed by atoms with Gasteiger partial charge in [0.2, 0.25) is 5.91 Å². The van der Waals surface area contributed by atoms with Crippen LogP contribution in [0.5, 0.6) is 0 Å². The molecule has 1 N–H and O–H groups in total. The Kier molecular flexibility index (Phi) is 7.42. The average Bonchev–Trinajstić information content (AvgIpc) is 3.13. The second-order valence-corrected chi connectivity index (χ2v) is 7.80. The van der Waals surface area contributed by atoms with Gasteiger partial charge in [0.05, 0.1) is 16.5 Å². The molecular formula is C21H23N3O5S. The highest BCUT2D eigenvalue weighted by Crippen LogP contribution is 2.22. The van der Waals surface area contributed by atoms with Crippen molar-refractivity contribution in [3.05, 3.63) is 75.8 Å². The molecule has 8 nitrogen and oxygen atoms in total. The first-order valence-corrected chi connectivity index (χ1v) is 10.1. The zero-order valence-corrected chi connectivity index (χ0v) is 17.2. The van der Waals surface area contributed by atoms with Crippen LogP contribution in [0.1, 0.15) is 22.3 Å². The van der Waals surface area contributed by atoms with Crippen molar-refractivity contribution in [2.75, 3.05) is 19.8 Å². The van der Waals surface area contributed by atoms with Crippen LogP contribution in [-0.2, 0) is 16.0 Å². The van der Waals surface area contributed by atoms with Crippen LogP contribution in [-0.4, -0.2) is 52.8 Å². The van der Waals surface area contributed by atoms with Crippen LogP contribution < -0.4 is 5.32 Å². The molecule has 30 heavy (non-hydrogen) atoms. The fourth-order valence-corrected chi connectivity index (χ4v) is 3.74. The molecule has 1 heterocycles. The Balaban J connectivity index is 1.50. The summed E-state index contributed by atoms with van der Waals surface area (Å²) in [6.07, 6.45) is 1.30. The lowest BCUT2D eigenvalue weighted by molar-refractivity contribution is -0.384. The summed E-state index contributed by atoms with van der Waals surface area (Å²) in [5.41, 5.74) is 1.26. The van der Waals surface area contributed by atoms with Crippen LogP contribution in [0.25, 0.3) is 0 Å². The number of nitrogens with one attached hydrogen (secondary N) is 1. The molecule has 9 heteroatoms. The normalized spacial score (nSPS) is 18.7. The van der Waals surface area contributed by atoms with E-state index in [0.717, 1.165) is 12.0 Å². The van der Waals surface area contributed by atoms with E-state index < -0.39 is 16.9 Å². The number of carbonyl (C=O) groups excluding carboxylic acids is 2. The molecule has 3 rings (SSSR count). The molecular weight excluding hydrogens is 406 g/mol. The number of nitro groups is 1. The SMILES string of the molecule is O=C(OCN1C[C@@H](S)C[C@H]1C(=O)NCCc1ccccc1)c1ccc([N+](=O)[O-])cc1. The van der Waals surface area contributed by atoms with Gasteiger partial charge in [0.25, 0.3) is 5.69 Å². The van der Waals surface area contributed by atoms with Crippen molar-refractivity contribution in [2.24, 2.45) is 0 Å². The molecule has 1 aliphatic heterocycles. The Morgan fingerprint density at radius 3 is 2.53 bits per heavy atom. The van der Waals surface area contributed by atoms with Gasteiger partial charge >= 0.3 is 5.97 Å². The summed E-state index contributed by atoms with van der Waals surface area (Å²) in [5, 5.41) is 13.7. The molecule has 0 radical (unpaired) electrons. The van der Waals surface area contributed by atoms with Gasteiger partial charge in [-0.3, -0.25) is 19.8 Å². The molecule has 0 aliphatic carbocycles. The van der Waals surface area contributed by atoms with E-state index in [0.29, 0.717) is 19.5 Å². The standard InChI is InChI=1S/C21H23N3O5S/c25-20(22-11-10-15-4-2-1-3-5-15)19-12-18(30)13-23(19)14-29-21(26)16-6-8-17(9-7-16)24(27)28/h1-9,18-19,30H,10-14H2,(H,22,25)/t18-,19-/m0/s1. The fraction of sp³-hybridized carbons (Fsp3) is 0.333. The number of carbonyl (C=O) groups is 2. The average molecular weight is 429 g/mol. The van der Waals surface area contributed by atoms with Gasteiger partial charge in [-0.1, -0.05) is 30.3 Å². The van der Waals surface area contributed by atoms with Crippen molar-refractivity contribution in [3.63, 3.8) is 0 Å². The molecule has 2 aromatic carbocycles. The second kappa shape index (κ2) is 10.2. The summed E-state index contributed by atoms with van der Waals surface area (Å²) in [6.45, 7) is 0.990. The zero-order chi connectivity index (χ0) is 21.5. The lowest BCUT2D eigenvalue weighted by atomic mass is 10.1. The van der Waals surface area contributed by atoms with Crippen molar-refractivity contribution >= 4 is 30.2 Å². The van der Waals surface area contributed by atoms with Crippen LogP contribution in [0.2, 0.25) is 0 Å². The Morgan fingerprint density at radius 1 is 1.17 bits per heavy atom. The summed E-state index contributed by atoms with van der Waals surface area (Å²) in [6, 6.07) is 14.7. The number of likely N-dealkylation sites (tertiary alicyclic amines) is 1. The minimum absolute atomic E-state index is 0.00736. The molecule has 0 saturated carbocycles. The quantitative estimate of drug-likeness (QED) is 0.289. The van der Waals surface area contributed by atoms with Gasteiger partial charge in [-0.15, -0.1) is 0 Å². The minimum atomic E-state index is -0.601. The molecule has 2 atom stereocenters. The molecule has 1 fully saturated rings. The van der Waals surface area contributed by atoms with Crippen LogP contribution in [0, 0.1) is 10.1 Å². The van der Waals surface area contributed by atoms with Gasteiger partial charge in [0, 0.05) is 30.5 Å². The molecule has 158 valence electrons. The third-order valence-corrected chi connectivity index (χ3v) is 5.29. The number of nitro benzene ring substituents is 1. The minimum Gasteiger partial charge on any atom is -0.446 e. The Hall–Kier alpha value is -2.91. The van der Waals surface area contributed by atoms with Gasteiger partial charge in [0.15, 0.2) is 0 Å². The number of nitrogens with zero attached hydrogens (tertiary/aromatic N) is 2. The van der Waals surface area contributed by atoms with Gasteiger partial charge in [-0.2, -0.15) is 12.6 Å². The van der Waals surface area contributed by atoms with E-state index in [-0.39, 0.29) is 29.1 Å². The second-order valence-electron chi connectivity index (χ2n) is 7.07. The van der Waals surface area contributed by atoms with Crippen LogP contribution >= 0.6 is 12.6 Å². The van der Waals surface area contributed by atoms with E-state index in [9.17, 15) is 19.7 Å². The lowest BCUT2D eigenvalue weighted by Crippen LogP contribution is -2.44. The number of hydrogen-bond acceptors (Lipinski definition) is 7. The number of amides is 1. The van der Waals surface area contributed by atoms with Gasteiger partial charge in [-0.25, -0.2) is 4.79 Å². The summed E-state index contributed by atoms with van der Waals surface area (Å²) in [7, 11) is 0. The van der Waals surface area contributed by atoms with Crippen molar-refractivity contribution in [1.82, 2.24) is 10.2 Å². The smallest absolute Gasteiger partial charge is 0.339 e. The van der Waals surface area contributed by atoms with Crippen LogP contribution in [0.15, 0.2) is 54.6 Å². The molecule has 1 amide bonds. The summed E-state index contributed by atoms with van der Waals surface area (Å²) in [4.78, 5) is 36.8. The highest BCUT2D eigenvalue weighted by Gasteiger charge is 2.35. The Labute approximate surface area is 179 Å². The number of rotatable bonds is 8. The van der Waals surface area contributed by atoms with E-state index in [2.05, 4.69) is 17.9 Å². The first-order valence-electron chi connectivity index (χ1n) is 9.59. The van der Waals surface area contributed by atoms with E-state index in [1.54, 1.807) is 4.90 Å². The number of benzene rings is 2. The van der Waals surface area contributed by atoms with Crippen LogP contribution in [0.4, 0.5) is 5.69 Å². The van der Waals surface area contributed by atoms with Crippen LogP contribution in [0.3, 0.4) is 0 Å². The maximum Gasteiger partial charge on any atom is 0.339 e. The number of thiol groups is 1. The number of esters is 1. The number of ether oxygens (including phenoxy) is 1. The number of hydrogen-bond donors (Lipinski definition) is 2. The highest BCUT2D eigenvalue weighted by atomic mass is 32.1. The third-order valence-electron chi connectivity index (χ3n) is 4.92. The molecule has 1 aliphatic rings. The first kappa shape index (κ1) is 21.8. The highest BCUT2D eigenvalue weighted by molar-refractivity contribution is 7.81. The Bertz CT molecular complexity index is 891. The molecule has 0 unspecified atom stereocenters. The van der Waals surface area contributed by atoms with E-state index in [1.807, 2.05) is 30.3 Å². The van der Waals surface area contributed by atoms with E-state index >= 15 is 0 Å². The molecule has 0 spiro atoms. The van der Waals surface area contributed by atoms with Gasteiger partial charge in [-0.05, 0) is 30.5 Å². The fourth-order valence-electron chi connectivity index (χ4n) is 3.33. The topological polar surface area (TPSA) is 102 Å². The molecule has 0 bridgehead atoms. The summed E-state index contributed by atoms with van der Waals surface area (Å²) in [5.74, 6) is -0.718. The maximum atomic E-state index is 12.6. The maximum absolute atomic E-state index is 12.6. The zero-order valence-electron chi connectivity index (χ0n) is 16.3. The lowest BCUT2D eigenvalue weighted by Gasteiger charge is -2.23. The predicted molar refractivity (Wildman–Crippen MR) is 114 cm³/mol. The molecule has 1 saturated heterocycles. The van der Waals surface area contributed by atoms with Gasteiger partial charge in [0.1, 0.15) is 6.73 Å². The monoisotopic (exact) mass is 429 g/mol. The van der Waals surface area contributed by atoms with Gasteiger partial charge < -0.3 is 10.1 Å². The molecule has 0 aromatic heterocycles.